The van der Waals surface area contributed by atoms with E-state index in [2.05, 4.69) is 11.9 Å². The van der Waals surface area contributed by atoms with Gasteiger partial charge in [0, 0.05) is 16.1 Å². The number of hydrogen-bond donors (Lipinski definition) is 0. The number of likely N-dealkylation sites (tertiary alicyclic amines) is 1. The van der Waals surface area contributed by atoms with Crippen molar-refractivity contribution < 1.29 is 8.78 Å². The van der Waals surface area contributed by atoms with E-state index in [1.807, 2.05) is 18.2 Å². The second-order valence-corrected chi connectivity index (χ2v) is 7.55. The van der Waals surface area contributed by atoms with Crippen molar-refractivity contribution in [2.75, 3.05) is 20.1 Å². The van der Waals surface area contributed by atoms with E-state index in [-0.39, 0.29) is 33.4 Å². The van der Waals surface area contributed by atoms with Crippen LogP contribution in [0.4, 0.5) is 8.78 Å². The fraction of sp³-hybridized carbons (Fsp3) is 0.368. The summed E-state index contributed by atoms with van der Waals surface area (Å²) in [7, 11) is 2.10. The molecule has 1 fully saturated rings. The van der Waals surface area contributed by atoms with Crippen molar-refractivity contribution in [3.8, 4) is 0 Å². The first-order valence-electron chi connectivity index (χ1n) is 7.91. The third kappa shape index (κ3) is 4.38. The fourth-order valence-corrected chi connectivity index (χ4v) is 4.56. The van der Waals surface area contributed by atoms with Gasteiger partial charge in [0.2, 0.25) is 0 Å². The van der Waals surface area contributed by atoms with Crippen LogP contribution in [0.2, 0.25) is 0 Å². The van der Waals surface area contributed by atoms with Gasteiger partial charge < -0.3 is 4.90 Å². The number of hydrogen-bond acceptors (Lipinski definition) is 2. The van der Waals surface area contributed by atoms with Crippen molar-refractivity contribution >= 4 is 28.7 Å². The van der Waals surface area contributed by atoms with Gasteiger partial charge in [-0.15, -0.1) is 28.7 Å². The lowest BCUT2D eigenvalue weighted by Crippen LogP contribution is -2.39. The van der Waals surface area contributed by atoms with Crippen LogP contribution in [0.1, 0.15) is 24.0 Å². The zero-order valence-corrected chi connectivity index (χ0v) is 16.2. The molecule has 0 bridgehead atoms. The molecule has 0 radical (unpaired) electrons. The molecule has 2 aromatic carbocycles. The highest BCUT2D eigenvalue weighted by Gasteiger charge is 2.37. The molecule has 3 rings (SSSR count). The molecule has 1 aliphatic rings. The van der Waals surface area contributed by atoms with Crippen molar-refractivity contribution in [1.29, 1.82) is 0 Å². The van der Waals surface area contributed by atoms with Gasteiger partial charge in [-0.3, -0.25) is 0 Å². The summed E-state index contributed by atoms with van der Waals surface area (Å²) in [6, 6.07) is 13.8. The van der Waals surface area contributed by atoms with Gasteiger partial charge in [-0.25, -0.2) is 8.78 Å². The third-order valence-electron chi connectivity index (χ3n) is 4.56. The first kappa shape index (κ1) is 19.4. The van der Waals surface area contributed by atoms with Crippen molar-refractivity contribution in [3.63, 3.8) is 0 Å². The monoisotopic (exact) mass is 413 g/mol. The highest BCUT2D eigenvalue weighted by molar-refractivity contribution is 8.93. The summed E-state index contributed by atoms with van der Waals surface area (Å²) in [5.74, 6) is 0.339. The highest BCUT2D eigenvalue weighted by Crippen LogP contribution is 2.47. The molecule has 0 spiro atoms. The Kier molecular flexibility index (Phi) is 6.84. The van der Waals surface area contributed by atoms with Gasteiger partial charge in [0.25, 0.3) is 0 Å². The van der Waals surface area contributed by atoms with Gasteiger partial charge >= 0.3 is 0 Å². The Morgan fingerprint density at radius 2 is 1.75 bits per heavy atom. The minimum atomic E-state index is -0.232. The Labute approximate surface area is 157 Å². The topological polar surface area (TPSA) is 3.24 Å². The van der Waals surface area contributed by atoms with Gasteiger partial charge in [-0.1, -0.05) is 30.3 Å². The molecular formula is C19H22BrF2NS. The summed E-state index contributed by atoms with van der Waals surface area (Å²) < 4.78 is 27.6. The molecule has 1 nitrogen and oxygen atoms in total. The Hall–Kier alpha value is -0.910. The summed E-state index contributed by atoms with van der Waals surface area (Å²) in [5.41, 5.74) is 1.74. The maximum Gasteiger partial charge on any atom is 0.127 e. The summed E-state index contributed by atoms with van der Waals surface area (Å²) in [5, 5.41) is 0. The van der Waals surface area contributed by atoms with E-state index in [0.29, 0.717) is 5.75 Å². The molecule has 0 saturated carbocycles. The first-order chi connectivity index (χ1) is 11.1. The second kappa shape index (κ2) is 8.45. The van der Waals surface area contributed by atoms with Crippen molar-refractivity contribution in [2.45, 2.75) is 23.3 Å². The van der Waals surface area contributed by atoms with Gasteiger partial charge in [0.05, 0.1) is 0 Å². The molecule has 1 heterocycles. The highest BCUT2D eigenvalue weighted by atomic mass is 79.9. The predicted octanol–water partition coefficient (Wildman–Crippen LogP) is 5.40. The Morgan fingerprint density at radius 1 is 1.04 bits per heavy atom. The number of nitrogens with zero attached hydrogens (tertiary/aromatic N) is 1. The van der Waals surface area contributed by atoms with Crippen LogP contribution in [0.25, 0.3) is 0 Å². The Balaban J connectivity index is 0.00000208. The van der Waals surface area contributed by atoms with Crippen molar-refractivity contribution in [2.24, 2.45) is 0 Å². The van der Waals surface area contributed by atoms with E-state index in [1.165, 1.54) is 12.1 Å². The van der Waals surface area contributed by atoms with Crippen LogP contribution in [0, 0.1) is 11.6 Å². The van der Waals surface area contributed by atoms with Crippen LogP contribution < -0.4 is 0 Å². The molecule has 0 aromatic heterocycles. The fourth-order valence-electron chi connectivity index (χ4n) is 3.15. The minimum Gasteiger partial charge on any atom is -0.306 e. The average molecular weight is 414 g/mol. The SMILES string of the molecule is Br.CN1CCC(SCc2cccc(F)c2)(c2ccccc2F)CC1. The summed E-state index contributed by atoms with van der Waals surface area (Å²) in [6.07, 6.45) is 1.81. The molecule has 1 saturated heterocycles. The maximum absolute atomic E-state index is 14.4. The number of benzene rings is 2. The standard InChI is InChI=1S/C19H21F2NS.BrH/c1-22-11-9-19(10-12-22,17-7-2-3-8-18(17)21)23-14-15-5-4-6-16(20)13-15;/h2-8,13H,9-12,14H2,1H3;1H. The maximum atomic E-state index is 14.4. The molecule has 0 N–H and O–H groups in total. The number of halogens is 3. The van der Waals surface area contributed by atoms with Gasteiger partial charge in [0.1, 0.15) is 11.6 Å². The molecular weight excluding hydrogens is 392 g/mol. The van der Waals surface area contributed by atoms with E-state index < -0.39 is 0 Å². The molecule has 0 unspecified atom stereocenters. The largest absolute Gasteiger partial charge is 0.306 e. The van der Waals surface area contributed by atoms with Gasteiger partial charge in [0.15, 0.2) is 0 Å². The van der Waals surface area contributed by atoms with Gasteiger partial charge in [-0.2, -0.15) is 0 Å². The molecule has 2 aromatic rings. The lowest BCUT2D eigenvalue weighted by Gasteiger charge is -2.41. The number of piperidine rings is 1. The van der Waals surface area contributed by atoms with Crippen LogP contribution >= 0.6 is 28.7 Å². The van der Waals surface area contributed by atoms with E-state index in [0.717, 1.165) is 37.1 Å². The number of rotatable bonds is 4. The molecule has 5 heteroatoms. The van der Waals surface area contributed by atoms with Crippen LogP contribution in [0.15, 0.2) is 48.5 Å². The molecule has 0 aliphatic carbocycles. The zero-order valence-electron chi connectivity index (χ0n) is 13.7. The number of thioether (sulfide) groups is 1. The molecule has 130 valence electrons. The second-order valence-electron chi connectivity index (χ2n) is 6.20. The lowest BCUT2D eigenvalue weighted by molar-refractivity contribution is 0.237. The van der Waals surface area contributed by atoms with E-state index in [9.17, 15) is 8.78 Å². The van der Waals surface area contributed by atoms with Crippen LogP contribution in [-0.2, 0) is 10.5 Å². The zero-order chi connectivity index (χ0) is 16.3. The minimum absolute atomic E-state index is 0. The van der Waals surface area contributed by atoms with Crippen molar-refractivity contribution in [3.05, 3.63) is 71.3 Å². The van der Waals surface area contributed by atoms with Gasteiger partial charge in [-0.05, 0) is 56.7 Å². The summed E-state index contributed by atoms with van der Waals surface area (Å²) >= 11 is 1.74. The predicted molar refractivity (Wildman–Crippen MR) is 103 cm³/mol. The van der Waals surface area contributed by atoms with E-state index >= 15 is 0 Å². The molecule has 0 amide bonds. The smallest absolute Gasteiger partial charge is 0.127 e. The average Bonchev–Trinajstić information content (AvgIpc) is 2.55. The third-order valence-corrected chi connectivity index (χ3v) is 6.22. The molecule has 24 heavy (non-hydrogen) atoms. The van der Waals surface area contributed by atoms with Crippen molar-refractivity contribution in [1.82, 2.24) is 4.90 Å². The quantitative estimate of drug-likeness (QED) is 0.660. The van der Waals surface area contributed by atoms with E-state index in [1.54, 1.807) is 30.0 Å². The van der Waals surface area contributed by atoms with Crippen LogP contribution in [0.5, 0.6) is 0 Å². The Morgan fingerprint density at radius 3 is 2.42 bits per heavy atom. The van der Waals surface area contributed by atoms with Crippen LogP contribution in [-0.4, -0.2) is 25.0 Å². The van der Waals surface area contributed by atoms with Crippen LogP contribution in [0.3, 0.4) is 0 Å². The molecule has 0 atom stereocenters. The van der Waals surface area contributed by atoms with E-state index in [4.69, 9.17) is 0 Å². The molecule has 1 aliphatic heterocycles. The Bertz CT molecular complexity index is 672. The first-order valence-corrected chi connectivity index (χ1v) is 8.90. The summed E-state index contributed by atoms with van der Waals surface area (Å²) in [4.78, 5) is 2.28. The normalized spacial score (nSPS) is 17.3. The summed E-state index contributed by atoms with van der Waals surface area (Å²) in [6.45, 7) is 1.90. The lowest BCUT2D eigenvalue weighted by atomic mass is 9.88.